The number of carbonyl (C=O) groups excluding carboxylic acids is 2. The third-order valence-electron chi connectivity index (χ3n) is 3.10. The van der Waals surface area contributed by atoms with Crippen molar-refractivity contribution >= 4 is 28.8 Å². The van der Waals surface area contributed by atoms with Gasteiger partial charge in [0.2, 0.25) is 0 Å². The summed E-state index contributed by atoms with van der Waals surface area (Å²) in [5, 5.41) is 16.8. The Balaban J connectivity index is 2.09. The van der Waals surface area contributed by atoms with E-state index < -0.39 is 24.3 Å². The van der Waals surface area contributed by atoms with E-state index >= 15 is 0 Å². The Morgan fingerprint density at radius 1 is 1.46 bits per heavy atom. The van der Waals surface area contributed by atoms with Gasteiger partial charge in [0.15, 0.2) is 12.4 Å². The number of nitrogens with zero attached hydrogens (tertiary/aromatic N) is 3. The monoisotopic (exact) mass is 342 g/mol. The van der Waals surface area contributed by atoms with Crippen LogP contribution in [0.2, 0.25) is 0 Å². The number of esters is 1. The molecule has 7 nitrogen and oxygen atoms in total. The van der Waals surface area contributed by atoms with Gasteiger partial charge in [-0.3, -0.25) is 9.78 Å². The molecule has 0 fully saturated rings. The predicted octanol–water partition coefficient (Wildman–Crippen LogP) is 2.42. The van der Waals surface area contributed by atoms with Crippen LogP contribution in [0.15, 0.2) is 24.4 Å². The molecule has 122 valence electrons. The van der Waals surface area contributed by atoms with Gasteiger partial charge < -0.3 is 10.1 Å². The van der Waals surface area contributed by atoms with Crippen molar-refractivity contribution in [3.8, 4) is 16.8 Å². The molecule has 0 saturated carbocycles. The molecule has 0 aliphatic heterocycles. The van der Waals surface area contributed by atoms with Gasteiger partial charge in [0.25, 0.3) is 0 Å². The minimum Gasteiger partial charge on any atom is -0.453 e. The Bertz CT molecular complexity index is 824. The zero-order valence-electron chi connectivity index (χ0n) is 13.1. The molecule has 0 aliphatic rings. The third kappa shape index (κ3) is 3.88. The molecular formula is C16H14N4O3S. The number of thiazole rings is 1. The molecule has 0 radical (unpaired) electrons. The summed E-state index contributed by atoms with van der Waals surface area (Å²) in [5.74, 6) is -2.49. The minimum atomic E-state index is -1.19. The summed E-state index contributed by atoms with van der Waals surface area (Å²) in [6.07, 6.45) is 1.63. The number of ether oxygens (including phenoxy) is 1. The molecule has 1 atom stereocenters. The van der Waals surface area contributed by atoms with Crippen molar-refractivity contribution < 1.29 is 14.3 Å². The van der Waals surface area contributed by atoms with Crippen LogP contribution in [0.5, 0.6) is 0 Å². The van der Waals surface area contributed by atoms with E-state index in [4.69, 9.17) is 15.4 Å². The number of pyridine rings is 1. The van der Waals surface area contributed by atoms with Gasteiger partial charge in [0.05, 0.1) is 17.5 Å². The molecule has 0 unspecified atom stereocenters. The van der Waals surface area contributed by atoms with Gasteiger partial charge in [-0.15, -0.1) is 11.3 Å². The summed E-state index contributed by atoms with van der Waals surface area (Å²) < 4.78 is 4.97. The standard InChI is InChI=1S/C16H14N4O3S/c1-9(18)11(7-17)13(21)8-23-16(22)14-10(2)20-15(24-14)12-5-3-4-6-19-12/h3-6,11,18H,8H2,1-2H3/t11-/m0/s1. The van der Waals surface area contributed by atoms with E-state index in [1.54, 1.807) is 31.3 Å². The summed E-state index contributed by atoms with van der Waals surface area (Å²) in [6, 6.07) is 7.09. The molecule has 0 amide bonds. The number of nitrogens with one attached hydrogen (secondary N) is 1. The van der Waals surface area contributed by atoms with Gasteiger partial charge in [-0.2, -0.15) is 5.26 Å². The van der Waals surface area contributed by atoms with Crippen molar-refractivity contribution in [2.75, 3.05) is 6.61 Å². The van der Waals surface area contributed by atoms with Crippen molar-refractivity contribution in [1.82, 2.24) is 9.97 Å². The molecular weight excluding hydrogens is 328 g/mol. The van der Waals surface area contributed by atoms with E-state index in [1.807, 2.05) is 6.07 Å². The zero-order chi connectivity index (χ0) is 17.7. The average molecular weight is 342 g/mol. The number of hydrogen-bond acceptors (Lipinski definition) is 8. The first-order valence-corrected chi connectivity index (χ1v) is 7.79. The molecule has 0 aromatic carbocycles. The smallest absolute Gasteiger partial charge is 0.350 e. The molecule has 0 bridgehead atoms. The van der Waals surface area contributed by atoms with Crippen molar-refractivity contribution in [3.63, 3.8) is 0 Å². The SMILES string of the molecule is CC(=N)[C@H](C#N)C(=O)COC(=O)c1sc(-c2ccccn2)nc1C. The number of nitriles is 1. The molecule has 0 aliphatic carbocycles. The number of aromatic nitrogens is 2. The van der Waals surface area contributed by atoms with E-state index in [9.17, 15) is 9.59 Å². The lowest BCUT2D eigenvalue weighted by Crippen LogP contribution is -2.25. The number of rotatable bonds is 6. The summed E-state index contributed by atoms with van der Waals surface area (Å²) in [6.45, 7) is 2.48. The maximum atomic E-state index is 12.1. The second-order valence-electron chi connectivity index (χ2n) is 4.94. The van der Waals surface area contributed by atoms with E-state index in [0.717, 1.165) is 11.3 Å². The molecule has 8 heteroatoms. The van der Waals surface area contributed by atoms with Crippen LogP contribution in [-0.2, 0) is 9.53 Å². The van der Waals surface area contributed by atoms with Gasteiger partial charge in [-0.1, -0.05) is 6.07 Å². The summed E-state index contributed by atoms with van der Waals surface area (Å²) in [5.41, 5.74) is 1.05. The lowest BCUT2D eigenvalue weighted by molar-refractivity contribution is -0.122. The normalized spacial score (nSPS) is 11.4. The third-order valence-corrected chi connectivity index (χ3v) is 4.26. The fourth-order valence-corrected chi connectivity index (χ4v) is 2.82. The van der Waals surface area contributed by atoms with Gasteiger partial charge >= 0.3 is 5.97 Å². The largest absolute Gasteiger partial charge is 0.453 e. The molecule has 24 heavy (non-hydrogen) atoms. The highest BCUT2D eigenvalue weighted by Gasteiger charge is 2.23. The highest BCUT2D eigenvalue weighted by Crippen LogP contribution is 2.26. The zero-order valence-corrected chi connectivity index (χ0v) is 13.9. The lowest BCUT2D eigenvalue weighted by atomic mass is 10.0. The first-order chi connectivity index (χ1) is 11.4. The first-order valence-electron chi connectivity index (χ1n) is 6.97. The van der Waals surface area contributed by atoms with E-state index in [2.05, 4.69) is 9.97 Å². The maximum Gasteiger partial charge on any atom is 0.350 e. The van der Waals surface area contributed by atoms with Gasteiger partial charge in [0.1, 0.15) is 15.8 Å². The topological polar surface area (TPSA) is 117 Å². The number of Topliss-reactive ketones (excluding diaryl/α,β-unsaturated/α-hetero) is 1. The second kappa shape index (κ2) is 7.57. The summed E-state index contributed by atoms with van der Waals surface area (Å²) in [4.78, 5) is 32.7. The minimum absolute atomic E-state index is 0.0787. The predicted molar refractivity (Wildman–Crippen MR) is 87.9 cm³/mol. The van der Waals surface area contributed by atoms with Crippen LogP contribution in [0.1, 0.15) is 22.3 Å². The Morgan fingerprint density at radius 2 is 2.21 bits per heavy atom. The molecule has 2 aromatic heterocycles. The average Bonchev–Trinajstić information content (AvgIpc) is 2.95. The Kier molecular flexibility index (Phi) is 5.50. The first kappa shape index (κ1) is 17.4. The van der Waals surface area contributed by atoms with Crippen LogP contribution in [0, 0.1) is 29.6 Å². The van der Waals surface area contributed by atoms with Crippen molar-refractivity contribution in [2.45, 2.75) is 13.8 Å². The second-order valence-corrected chi connectivity index (χ2v) is 5.94. The molecule has 0 spiro atoms. The van der Waals surface area contributed by atoms with Crippen molar-refractivity contribution in [1.29, 1.82) is 10.7 Å². The van der Waals surface area contributed by atoms with Gasteiger partial charge in [-0.05, 0) is 26.0 Å². The van der Waals surface area contributed by atoms with Crippen molar-refractivity contribution in [3.05, 3.63) is 35.0 Å². The Labute approximate surface area is 142 Å². The quantitative estimate of drug-likeness (QED) is 0.636. The maximum absolute atomic E-state index is 12.1. The Morgan fingerprint density at radius 3 is 2.79 bits per heavy atom. The van der Waals surface area contributed by atoms with E-state index in [0.29, 0.717) is 16.4 Å². The molecule has 1 N–H and O–H groups in total. The number of ketones is 1. The van der Waals surface area contributed by atoms with Crippen LogP contribution in [0.3, 0.4) is 0 Å². The molecule has 2 rings (SSSR count). The van der Waals surface area contributed by atoms with Gasteiger partial charge in [-0.25, -0.2) is 9.78 Å². The number of carbonyl (C=O) groups is 2. The summed E-state index contributed by atoms with van der Waals surface area (Å²) >= 11 is 1.13. The molecule has 2 aromatic rings. The fraction of sp³-hybridized carbons (Fsp3) is 0.250. The fourth-order valence-electron chi connectivity index (χ4n) is 1.88. The molecule has 2 heterocycles. The molecule has 0 saturated heterocycles. The number of hydrogen-bond donors (Lipinski definition) is 1. The van der Waals surface area contributed by atoms with Crippen LogP contribution in [0.25, 0.3) is 10.7 Å². The highest BCUT2D eigenvalue weighted by atomic mass is 32.1. The van der Waals surface area contributed by atoms with E-state index in [-0.39, 0.29) is 10.6 Å². The number of aryl methyl sites for hydroxylation is 1. The van der Waals surface area contributed by atoms with Crippen LogP contribution in [-0.4, -0.2) is 34.0 Å². The van der Waals surface area contributed by atoms with Crippen molar-refractivity contribution in [2.24, 2.45) is 5.92 Å². The summed E-state index contributed by atoms with van der Waals surface area (Å²) in [7, 11) is 0. The Hall–Kier alpha value is -2.92. The van der Waals surface area contributed by atoms with Crippen LogP contribution < -0.4 is 0 Å². The van der Waals surface area contributed by atoms with Gasteiger partial charge in [0, 0.05) is 11.9 Å². The highest BCUT2D eigenvalue weighted by molar-refractivity contribution is 7.17. The lowest BCUT2D eigenvalue weighted by Gasteiger charge is -2.06. The van der Waals surface area contributed by atoms with E-state index in [1.165, 1.54) is 6.92 Å². The van der Waals surface area contributed by atoms with Crippen LogP contribution in [0.4, 0.5) is 0 Å². The van der Waals surface area contributed by atoms with Crippen LogP contribution >= 0.6 is 11.3 Å².